The van der Waals surface area contributed by atoms with E-state index in [0.717, 1.165) is 18.6 Å². The number of hydrogen-bond donors (Lipinski definition) is 0. The number of piperidine rings is 1. The minimum atomic E-state index is 0.299. The highest BCUT2D eigenvalue weighted by Gasteiger charge is 2.51. The average molecular weight is 325 g/mol. The van der Waals surface area contributed by atoms with Gasteiger partial charge in [0.2, 0.25) is 0 Å². The molecule has 2 heteroatoms. The number of rotatable bonds is 6. The number of carbonyl (C=O) groups excluding carboxylic acids is 1. The molecule has 2 aliphatic carbocycles. The van der Waals surface area contributed by atoms with Gasteiger partial charge in [0.25, 0.3) is 0 Å². The van der Waals surface area contributed by atoms with Gasteiger partial charge in [-0.25, -0.2) is 0 Å². The summed E-state index contributed by atoms with van der Waals surface area (Å²) in [5.74, 6) is 1.67. The van der Waals surface area contributed by atoms with Gasteiger partial charge in [0.1, 0.15) is 6.29 Å². The van der Waals surface area contributed by atoms with Crippen LogP contribution in [0.15, 0.2) is 18.2 Å². The van der Waals surface area contributed by atoms with E-state index in [1.54, 1.807) is 11.1 Å². The maximum Gasteiger partial charge on any atom is 0.119 e. The standard InChI is InChI=1S/C22H31NO/c1-16-5-8-19-14-21-17(2)22(20(19)13-16,9-3-4-12-24)10-11-23(21)15-18-6-7-18/h5,8,12-13,17-18,21H,3-4,6-7,9-11,14-15H2,1-2H3/t17-,21+,22+/m0/s1. The van der Waals surface area contributed by atoms with Crippen LogP contribution < -0.4 is 0 Å². The lowest BCUT2D eigenvalue weighted by Crippen LogP contribution is -2.59. The largest absolute Gasteiger partial charge is 0.303 e. The monoisotopic (exact) mass is 325 g/mol. The highest BCUT2D eigenvalue weighted by atomic mass is 16.1. The molecule has 1 heterocycles. The first-order valence-electron chi connectivity index (χ1n) is 9.92. The van der Waals surface area contributed by atoms with Gasteiger partial charge >= 0.3 is 0 Å². The molecule has 0 aromatic heterocycles. The summed E-state index contributed by atoms with van der Waals surface area (Å²) < 4.78 is 0. The second-order valence-electron chi connectivity index (χ2n) is 8.62. The van der Waals surface area contributed by atoms with Crippen molar-refractivity contribution in [1.29, 1.82) is 0 Å². The lowest BCUT2D eigenvalue weighted by atomic mass is 9.56. The van der Waals surface area contributed by atoms with Gasteiger partial charge in [-0.1, -0.05) is 30.7 Å². The fraction of sp³-hybridized carbons (Fsp3) is 0.682. The number of nitrogens with zero attached hydrogens (tertiary/aromatic N) is 1. The normalized spacial score (nSPS) is 32.4. The summed E-state index contributed by atoms with van der Waals surface area (Å²) in [4.78, 5) is 13.7. The third kappa shape index (κ3) is 2.73. The highest BCUT2D eigenvalue weighted by molar-refractivity contribution is 5.49. The number of carbonyl (C=O) groups is 1. The molecule has 130 valence electrons. The van der Waals surface area contributed by atoms with Crippen molar-refractivity contribution in [2.75, 3.05) is 13.1 Å². The molecule has 2 bridgehead atoms. The van der Waals surface area contributed by atoms with Crippen molar-refractivity contribution in [2.45, 2.75) is 70.3 Å². The molecule has 3 atom stereocenters. The van der Waals surface area contributed by atoms with E-state index in [9.17, 15) is 4.79 Å². The Morgan fingerprint density at radius 2 is 2.17 bits per heavy atom. The van der Waals surface area contributed by atoms with Crippen molar-refractivity contribution in [3.8, 4) is 0 Å². The van der Waals surface area contributed by atoms with Crippen LogP contribution in [0, 0.1) is 18.8 Å². The van der Waals surface area contributed by atoms with Gasteiger partial charge in [0.15, 0.2) is 0 Å². The summed E-state index contributed by atoms with van der Waals surface area (Å²) >= 11 is 0. The zero-order chi connectivity index (χ0) is 16.7. The van der Waals surface area contributed by atoms with Crippen LogP contribution in [0.3, 0.4) is 0 Å². The summed E-state index contributed by atoms with van der Waals surface area (Å²) in [5, 5.41) is 0. The number of aryl methyl sites for hydroxylation is 1. The highest BCUT2D eigenvalue weighted by Crippen LogP contribution is 2.52. The number of unbranched alkanes of at least 4 members (excludes halogenated alkanes) is 1. The van der Waals surface area contributed by atoms with Gasteiger partial charge < -0.3 is 4.79 Å². The Bertz CT molecular complexity index is 620. The molecular formula is C22H31NO. The molecule has 0 spiro atoms. The quantitative estimate of drug-likeness (QED) is 0.575. The Morgan fingerprint density at radius 1 is 1.33 bits per heavy atom. The molecule has 0 unspecified atom stereocenters. The maximum atomic E-state index is 10.9. The van der Waals surface area contributed by atoms with Gasteiger partial charge in [-0.3, -0.25) is 4.90 Å². The maximum absolute atomic E-state index is 10.9. The molecule has 1 saturated heterocycles. The van der Waals surface area contributed by atoms with Crippen LogP contribution in [0.4, 0.5) is 0 Å². The molecule has 1 saturated carbocycles. The second kappa shape index (κ2) is 6.29. The molecule has 0 radical (unpaired) electrons. The molecule has 2 nitrogen and oxygen atoms in total. The van der Waals surface area contributed by atoms with E-state index in [1.807, 2.05) is 0 Å². The first kappa shape index (κ1) is 16.3. The predicted octanol–water partition coefficient (Wildman–Crippen LogP) is 4.28. The molecule has 1 aromatic rings. The zero-order valence-corrected chi connectivity index (χ0v) is 15.3. The zero-order valence-electron chi connectivity index (χ0n) is 15.3. The minimum absolute atomic E-state index is 0.299. The summed E-state index contributed by atoms with van der Waals surface area (Å²) in [7, 11) is 0. The van der Waals surface area contributed by atoms with Crippen LogP contribution in [0.25, 0.3) is 0 Å². The smallest absolute Gasteiger partial charge is 0.119 e. The molecule has 3 aliphatic rings. The number of likely N-dealkylation sites (tertiary alicyclic amines) is 1. The van der Waals surface area contributed by atoms with Crippen molar-refractivity contribution >= 4 is 6.29 Å². The summed E-state index contributed by atoms with van der Waals surface area (Å²) in [5.41, 5.74) is 4.88. The van der Waals surface area contributed by atoms with Gasteiger partial charge in [-0.05, 0) is 75.0 Å². The molecule has 1 aromatic carbocycles. The lowest BCUT2D eigenvalue weighted by molar-refractivity contribution is -0.108. The van der Waals surface area contributed by atoms with E-state index >= 15 is 0 Å². The summed E-state index contributed by atoms with van der Waals surface area (Å²) in [6.45, 7) is 7.29. The van der Waals surface area contributed by atoms with Crippen molar-refractivity contribution in [3.63, 3.8) is 0 Å². The van der Waals surface area contributed by atoms with Crippen LogP contribution in [0.5, 0.6) is 0 Å². The molecule has 24 heavy (non-hydrogen) atoms. The number of aldehydes is 1. The second-order valence-corrected chi connectivity index (χ2v) is 8.62. The molecule has 1 aliphatic heterocycles. The van der Waals surface area contributed by atoms with Crippen LogP contribution >= 0.6 is 0 Å². The Balaban J connectivity index is 1.69. The predicted molar refractivity (Wildman–Crippen MR) is 98.3 cm³/mol. The van der Waals surface area contributed by atoms with E-state index < -0.39 is 0 Å². The SMILES string of the molecule is Cc1ccc2c(c1)[C@]1(CCCC=O)CCN(CC3CC3)[C@H](C2)[C@@H]1C. The molecule has 2 fully saturated rings. The average Bonchev–Trinajstić information content (AvgIpc) is 3.37. The van der Waals surface area contributed by atoms with Crippen LogP contribution in [-0.4, -0.2) is 30.3 Å². The van der Waals surface area contributed by atoms with Gasteiger partial charge in [-0.15, -0.1) is 0 Å². The topological polar surface area (TPSA) is 20.3 Å². The minimum Gasteiger partial charge on any atom is -0.303 e. The van der Waals surface area contributed by atoms with Crippen LogP contribution in [-0.2, 0) is 16.6 Å². The van der Waals surface area contributed by atoms with Crippen LogP contribution in [0.1, 0.15) is 62.1 Å². The molecule has 0 N–H and O–H groups in total. The third-order valence-electron chi connectivity index (χ3n) is 7.13. The summed E-state index contributed by atoms with van der Waals surface area (Å²) in [6, 6.07) is 7.83. The number of hydrogen-bond acceptors (Lipinski definition) is 2. The Hall–Kier alpha value is -1.15. The van der Waals surface area contributed by atoms with E-state index in [4.69, 9.17) is 0 Å². The van der Waals surface area contributed by atoms with E-state index in [1.165, 1.54) is 50.8 Å². The number of fused-ring (bicyclic) bond motifs is 4. The van der Waals surface area contributed by atoms with Gasteiger partial charge in [-0.2, -0.15) is 0 Å². The van der Waals surface area contributed by atoms with E-state index in [0.29, 0.717) is 23.8 Å². The number of benzene rings is 1. The van der Waals surface area contributed by atoms with E-state index in [2.05, 4.69) is 36.9 Å². The molecule has 0 amide bonds. The summed E-state index contributed by atoms with van der Waals surface area (Å²) in [6.07, 6.45) is 9.40. The first-order chi connectivity index (χ1) is 11.6. The lowest BCUT2D eigenvalue weighted by Gasteiger charge is -2.56. The van der Waals surface area contributed by atoms with Crippen molar-refractivity contribution in [2.24, 2.45) is 11.8 Å². The Labute approximate surface area is 146 Å². The van der Waals surface area contributed by atoms with Crippen molar-refractivity contribution in [3.05, 3.63) is 34.9 Å². The molecular weight excluding hydrogens is 294 g/mol. The Kier molecular flexibility index (Phi) is 4.28. The molecule has 4 rings (SSSR count). The van der Waals surface area contributed by atoms with E-state index in [-0.39, 0.29) is 0 Å². The van der Waals surface area contributed by atoms with Crippen molar-refractivity contribution < 1.29 is 4.79 Å². The third-order valence-corrected chi connectivity index (χ3v) is 7.13. The van der Waals surface area contributed by atoms with Gasteiger partial charge in [0, 0.05) is 24.4 Å². The first-order valence-corrected chi connectivity index (χ1v) is 9.92. The van der Waals surface area contributed by atoms with Crippen molar-refractivity contribution in [1.82, 2.24) is 4.90 Å². The fourth-order valence-electron chi connectivity index (χ4n) is 5.51. The Morgan fingerprint density at radius 3 is 2.92 bits per heavy atom. The fourth-order valence-corrected chi connectivity index (χ4v) is 5.51. The van der Waals surface area contributed by atoms with Gasteiger partial charge in [0.05, 0.1) is 0 Å². The van der Waals surface area contributed by atoms with Crippen LogP contribution in [0.2, 0.25) is 0 Å².